The maximum absolute atomic E-state index is 11.3. The third-order valence-electron chi connectivity index (χ3n) is 3.02. The van der Waals surface area contributed by atoms with Gasteiger partial charge in [0.15, 0.2) is 0 Å². The summed E-state index contributed by atoms with van der Waals surface area (Å²) >= 11 is 0. The first-order valence-corrected chi connectivity index (χ1v) is 5.23. The van der Waals surface area contributed by atoms with Crippen molar-refractivity contribution in [2.45, 2.75) is 31.6 Å². The van der Waals surface area contributed by atoms with Crippen molar-refractivity contribution in [2.75, 3.05) is 5.73 Å². The van der Waals surface area contributed by atoms with Crippen LogP contribution in [0.2, 0.25) is 0 Å². The lowest BCUT2D eigenvalue weighted by atomic mass is 9.94. The normalized spacial score (nSPS) is 16.8. The van der Waals surface area contributed by atoms with E-state index in [1.807, 2.05) is 0 Å². The van der Waals surface area contributed by atoms with Gasteiger partial charge in [-0.05, 0) is 30.4 Å². The van der Waals surface area contributed by atoms with Gasteiger partial charge in [-0.3, -0.25) is 4.79 Å². The zero-order chi connectivity index (χ0) is 10.8. The smallest absolute Gasteiger partial charge is 0.249 e. The molecule has 1 aliphatic carbocycles. The van der Waals surface area contributed by atoms with E-state index in [4.69, 9.17) is 11.5 Å². The van der Waals surface area contributed by atoms with Crippen LogP contribution in [0.5, 0.6) is 0 Å². The van der Waals surface area contributed by atoms with Crippen LogP contribution in [0.25, 0.3) is 0 Å². The number of aromatic nitrogens is 1. The number of primary amides is 1. The minimum Gasteiger partial charge on any atom is -0.384 e. The van der Waals surface area contributed by atoms with Crippen molar-refractivity contribution in [2.24, 2.45) is 5.73 Å². The highest BCUT2D eigenvalue weighted by atomic mass is 16.1. The Morgan fingerprint density at radius 2 is 2.07 bits per heavy atom. The molecule has 0 aromatic carbocycles. The predicted octanol–water partition coefficient (Wildman–Crippen LogP) is 1.42. The predicted molar refractivity (Wildman–Crippen MR) is 58.4 cm³/mol. The van der Waals surface area contributed by atoms with Gasteiger partial charge in [0.2, 0.25) is 5.91 Å². The number of nitrogens with two attached hydrogens (primary N) is 2. The number of anilines is 1. The molecule has 4 N–H and O–H groups in total. The molecule has 1 saturated carbocycles. The van der Waals surface area contributed by atoms with Crippen LogP contribution in [0.3, 0.4) is 0 Å². The lowest BCUT2D eigenvalue weighted by molar-refractivity contribution is 0.0999. The van der Waals surface area contributed by atoms with Crippen molar-refractivity contribution in [1.82, 2.24) is 4.98 Å². The van der Waals surface area contributed by atoms with E-state index in [9.17, 15) is 4.79 Å². The number of carbonyl (C=O) groups excluding carboxylic acids is 1. The van der Waals surface area contributed by atoms with E-state index >= 15 is 0 Å². The Morgan fingerprint density at radius 1 is 1.40 bits per heavy atom. The molecule has 1 aliphatic rings. The average molecular weight is 205 g/mol. The summed E-state index contributed by atoms with van der Waals surface area (Å²) in [6, 6.07) is 1.58. The van der Waals surface area contributed by atoms with Crippen molar-refractivity contribution < 1.29 is 4.79 Å². The minimum absolute atomic E-state index is 0.352. The van der Waals surface area contributed by atoms with Crippen molar-refractivity contribution in [3.63, 3.8) is 0 Å². The van der Waals surface area contributed by atoms with Crippen molar-refractivity contribution >= 4 is 11.7 Å². The highest BCUT2D eigenvalue weighted by Gasteiger charge is 2.22. The van der Waals surface area contributed by atoms with Gasteiger partial charge in [0.25, 0.3) is 0 Å². The van der Waals surface area contributed by atoms with Gasteiger partial charge in [-0.1, -0.05) is 12.8 Å². The topological polar surface area (TPSA) is 82.0 Å². The third kappa shape index (κ3) is 1.93. The molecule has 4 nitrogen and oxygen atoms in total. The number of amides is 1. The summed E-state index contributed by atoms with van der Waals surface area (Å²) in [5.74, 6) is 0.372. The molecule has 2 rings (SSSR count). The number of rotatable bonds is 2. The van der Waals surface area contributed by atoms with Crippen LogP contribution < -0.4 is 11.5 Å². The van der Waals surface area contributed by atoms with Gasteiger partial charge in [-0.25, -0.2) is 4.98 Å². The second-order valence-corrected chi connectivity index (χ2v) is 4.04. The largest absolute Gasteiger partial charge is 0.384 e. The van der Waals surface area contributed by atoms with Crippen LogP contribution >= 0.6 is 0 Å². The summed E-state index contributed by atoms with van der Waals surface area (Å²) in [4.78, 5) is 15.3. The highest BCUT2D eigenvalue weighted by molar-refractivity contribution is 5.95. The standard InChI is InChI=1S/C11H15N3O/c12-10-5-8(11(13)15)9(6-14-10)7-3-1-2-4-7/h5-7H,1-4H2,(H2,12,14)(H2,13,15). The van der Waals surface area contributed by atoms with Crippen molar-refractivity contribution in [3.8, 4) is 0 Å². The fraction of sp³-hybridized carbons (Fsp3) is 0.455. The third-order valence-corrected chi connectivity index (χ3v) is 3.02. The van der Waals surface area contributed by atoms with E-state index < -0.39 is 5.91 Å². The lowest BCUT2D eigenvalue weighted by Crippen LogP contribution is -2.16. The number of pyridine rings is 1. The molecule has 0 unspecified atom stereocenters. The van der Waals surface area contributed by atoms with Crippen LogP contribution in [0.4, 0.5) is 5.82 Å². The minimum atomic E-state index is -0.411. The van der Waals surface area contributed by atoms with Gasteiger partial charge in [0.1, 0.15) is 5.82 Å². The summed E-state index contributed by atoms with van der Waals surface area (Å²) in [6.07, 6.45) is 6.36. The molecule has 15 heavy (non-hydrogen) atoms. The molecule has 0 bridgehead atoms. The Morgan fingerprint density at radius 3 is 2.67 bits per heavy atom. The first-order chi connectivity index (χ1) is 7.18. The zero-order valence-electron chi connectivity index (χ0n) is 8.57. The fourth-order valence-corrected chi connectivity index (χ4v) is 2.26. The summed E-state index contributed by atoms with van der Waals surface area (Å²) in [6.45, 7) is 0. The molecule has 1 aromatic heterocycles. The number of hydrogen-bond donors (Lipinski definition) is 2. The number of nitrogen functional groups attached to an aromatic ring is 1. The summed E-state index contributed by atoms with van der Waals surface area (Å²) in [7, 11) is 0. The molecule has 0 atom stereocenters. The average Bonchev–Trinajstić information content (AvgIpc) is 2.70. The Balaban J connectivity index is 2.40. The van der Waals surface area contributed by atoms with Crippen molar-refractivity contribution in [3.05, 3.63) is 23.4 Å². The lowest BCUT2D eigenvalue weighted by Gasteiger charge is -2.12. The Kier molecular flexibility index (Phi) is 2.58. The molecular formula is C11H15N3O. The van der Waals surface area contributed by atoms with Gasteiger partial charge >= 0.3 is 0 Å². The fourth-order valence-electron chi connectivity index (χ4n) is 2.26. The molecule has 0 saturated heterocycles. The van der Waals surface area contributed by atoms with E-state index in [-0.39, 0.29) is 0 Å². The molecule has 1 heterocycles. The molecule has 1 fully saturated rings. The molecule has 1 aromatic rings. The van der Waals surface area contributed by atoms with E-state index in [1.54, 1.807) is 12.3 Å². The number of nitrogens with zero attached hydrogens (tertiary/aromatic N) is 1. The molecule has 4 heteroatoms. The summed E-state index contributed by atoms with van der Waals surface area (Å²) in [5, 5.41) is 0. The molecule has 1 amide bonds. The van der Waals surface area contributed by atoms with Crippen LogP contribution in [-0.4, -0.2) is 10.9 Å². The van der Waals surface area contributed by atoms with Crippen LogP contribution in [0.1, 0.15) is 47.5 Å². The van der Waals surface area contributed by atoms with Gasteiger partial charge < -0.3 is 11.5 Å². The second-order valence-electron chi connectivity index (χ2n) is 4.04. The highest BCUT2D eigenvalue weighted by Crippen LogP contribution is 2.35. The maximum atomic E-state index is 11.3. The Hall–Kier alpha value is -1.58. The monoisotopic (exact) mass is 205 g/mol. The van der Waals surface area contributed by atoms with E-state index in [2.05, 4.69) is 4.98 Å². The van der Waals surface area contributed by atoms with Crippen LogP contribution in [0, 0.1) is 0 Å². The summed E-state index contributed by atoms with van der Waals surface area (Å²) in [5.41, 5.74) is 12.4. The summed E-state index contributed by atoms with van der Waals surface area (Å²) < 4.78 is 0. The second kappa shape index (κ2) is 3.88. The zero-order valence-corrected chi connectivity index (χ0v) is 8.57. The number of carbonyl (C=O) groups is 1. The van der Waals surface area contributed by atoms with Gasteiger partial charge in [-0.2, -0.15) is 0 Å². The molecule has 0 spiro atoms. The first-order valence-electron chi connectivity index (χ1n) is 5.23. The van der Waals surface area contributed by atoms with Crippen LogP contribution in [-0.2, 0) is 0 Å². The van der Waals surface area contributed by atoms with E-state index in [0.29, 0.717) is 17.3 Å². The van der Waals surface area contributed by atoms with Gasteiger partial charge in [0, 0.05) is 11.8 Å². The van der Waals surface area contributed by atoms with E-state index in [0.717, 1.165) is 18.4 Å². The molecular weight excluding hydrogens is 190 g/mol. The Bertz CT molecular complexity index is 383. The van der Waals surface area contributed by atoms with Crippen molar-refractivity contribution in [1.29, 1.82) is 0 Å². The molecule has 80 valence electrons. The Labute approximate surface area is 88.7 Å². The SMILES string of the molecule is NC(=O)c1cc(N)ncc1C1CCCC1. The van der Waals surface area contributed by atoms with E-state index in [1.165, 1.54) is 12.8 Å². The number of hydrogen-bond acceptors (Lipinski definition) is 3. The van der Waals surface area contributed by atoms with Crippen LogP contribution in [0.15, 0.2) is 12.3 Å². The first kappa shape index (κ1) is 9.96. The molecule has 0 aliphatic heterocycles. The molecule has 0 radical (unpaired) electrons. The quantitative estimate of drug-likeness (QED) is 0.766. The van der Waals surface area contributed by atoms with Gasteiger partial charge in [-0.15, -0.1) is 0 Å². The van der Waals surface area contributed by atoms with Gasteiger partial charge in [0.05, 0.1) is 0 Å². The maximum Gasteiger partial charge on any atom is 0.249 e.